The molecule has 0 saturated carbocycles. The first-order valence-electron chi connectivity index (χ1n) is 6.13. The van der Waals surface area contributed by atoms with Crippen molar-refractivity contribution < 1.29 is 14.1 Å². The van der Waals surface area contributed by atoms with E-state index in [-0.39, 0.29) is 6.61 Å². The van der Waals surface area contributed by atoms with E-state index >= 15 is 0 Å². The predicted molar refractivity (Wildman–Crippen MR) is 70.7 cm³/mol. The molecular formula is C13H16N4O3. The maximum absolute atomic E-state index is 10.6. The SMILES string of the molecule is Cc1noc(CNCc2ccc(OCC(N)=O)cc2)n1. The molecule has 0 fully saturated rings. The number of hydrogen-bond acceptors (Lipinski definition) is 6. The van der Waals surface area contributed by atoms with Crippen LogP contribution in [0, 0.1) is 6.92 Å². The Kier molecular flexibility index (Phi) is 4.67. The largest absolute Gasteiger partial charge is 0.484 e. The number of nitrogens with one attached hydrogen (secondary N) is 1. The molecule has 0 atom stereocenters. The van der Waals surface area contributed by atoms with Gasteiger partial charge in [-0.15, -0.1) is 0 Å². The van der Waals surface area contributed by atoms with Crippen molar-refractivity contribution in [1.29, 1.82) is 0 Å². The Hall–Kier alpha value is -2.41. The summed E-state index contributed by atoms with van der Waals surface area (Å²) < 4.78 is 10.2. The van der Waals surface area contributed by atoms with E-state index in [1.807, 2.05) is 12.1 Å². The van der Waals surface area contributed by atoms with Crippen molar-refractivity contribution in [1.82, 2.24) is 15.5 Å². The third-order valence-electron chi connectivity index (χ3n) is 2.48. The van der Waals surface area contributed by atoms with Crippen LogP contribution in [0.4, 0.5) is 0 Å². The number of benzene rings is 1. The maximum atomic E-state index is 10.6. The number of amides is 1. The second-order valence-corrected chi connectivity index (χ2v) is 4.24. The zero-order valence-corrected chi connectivity index (χ0v) is 11.1. The van der Waals surface area contributed by atoms with Crippen molar-refractivity contribution in [2.75, 3.05) is 6.61 Å². The van der Waals surface area contributed by atoms with Gasteiger partial charge in [0.2, 0.25) is 5.89 Å². The Labute approximate surface area is 116 Å². The van der Waals surface area contributed by atoms with E-state index in [9.17, 15) is 4.79 Å². The lowest BCUT2D eigenvalue weighted by Gasteiger charge is -2.05. The predicted octanol–water partition coefficient (Wildman–Crippen LogP) is 0.532. The fourth-order valence-corrected chi connectivity index (χ4v) is 1.58. The highest BCUT2D eigenvalue weighted by Gasteiger charge is 2.02. The molecule has 1 aromatic carbocycles. The van der Waals surface area contributed by atoms with Gasteiger partial charge in [-0.05, 0) is 24.6 Å². The number of aromatic nitrogens is 2. The van der Waals surface area contributed by atoms with Gasteiger partial charge in [0.05, 0.1) is 6.54 Å². The fourth-order valence-electron chi connectivity index (χ4n) is 1.58. The first-order chi connectivity index (χ1) is 9.63. The molecule has 7 nitrogen and oxygen atoms in total. The summed E-state index contributed by atoms with van der Waals surface area (Å²) >= 11 is 0. The highest BCUT2D eigenvalue weighted by Crippen LogP contribution is 2.12. The summed E-state index contributed by atoms with van der Waals surface area (Å²) in [6.07, 6.45) is 0. The highest BCUT2D eigenvalue weighted by atomic mass is 16.5. The molecule has 0 spiro atoms. The normalized spacial score (nSPS) is 10.4. The number of rotatable bonds is 7. The Balaban J connectivity index is 1.77. The van der Waals surface area contributed by atoms with Crippen LogP contribution in [-0.2, 0) is 17.9 Å². The molecule has 0 unspecified atom stereocenters. The quantitative estimate of drug-likeness (QED) is 0.764. The molecule has 0 aliphatic heterocycles. The molecule has 1 aromatic heterocycles. The molecule has 2 aromatic rings. The molecule has 1 heterocycles. The van der Waals surface area contributed by atoms with Gasteiger partial charge in [-0.3, -0.25) is 4.79 Å². The molecule has 0 radical (unpaired) electrons. The van der Waals surface area contributed by atoms with Crippen LogP contribution >= 0.6 is 0 Å². The standard InChI is InChI=1S/C13H16N4O3/c1-9-16-13(20-17-9)7-15-6-10-2-4-11(5-3-10)19-8-12(14)18/h2-5,15H,6-8H2,1H3,(H2,14,18). The van der Waals surface area contributed by atoms with Gasteiger partial charge in [0, 0.05) is 6.54 Å². The molecule has 7 heteroatoms. The van der Waals surface area contributed by atoms with Crippen molar-refractivity contribution >= 4 is 5.91 Å². The van der Waals surface area contributed by atoms with Gasteiger partial charge < -0.3 is 20.3 Å². The van der Waals surface area contributed by atoms with E-state index in [2.05, 4.69) is 15.5 Å². The topological polar surface area (TPSA) is 103 Å². The van der Waals surface area contributed by atoms with Crippen molar-refractivity contribution in [2.24, 2.45) is 5.73 Å². The average Bonchev–Trinajstić information content (AvgIpc) is 2.83. The Bertz CT molecular complexity index is 565. The summed E-state index contributed by atoms with van der Waals surface area (Å²) in [7, 11) is 0. The molecule has 0 saturated heterocycles. The molecule has 0 bridgehead atoms. The van der Waals surface area contributed by atoms with Crippen molar-refractivity contribution in [3.8, 4) is 5.75 Å². The lowest BCUT2D eigenvalue weighted by molar-refractivity contribution is -0.119. The first-order valence-corrected chi connectivity index (χ1v) is 6.13. The monoisotopic (exact) mass is 276 g/mol. The van der Waals surface area contributed by atoms with Gasteiger partial charge in [-0.2, -0.15) is 4.98 Å². The highest BCUT2D eigenvalue weighted by molar-refractivity contribution is 5.75. The van der Waals surface area contributed by atoms with Crippen LogP contribution < -0.4 is 15.8 Å². The van der Waals surface area contributed by atoms with Crippen molar-refractivity contribution in [3.05, 3.63) is 41.5 Å². The molecule has 20 heavy (non-hydrogen) atoms. The summed E-state index contributed by atoms with van der Waals surface area (Å²) in [5.74, 6) is 1.30. The summed E-state index contributed by atoms with van der Waals surface area (Å²) in [4.78, 5) is 14.7. The number of aryl methyl sites for hydroxylation is 1. The first kappa shape index (κ1) is 14.0. The summed E-state index contributed by atoms with van der Waals surface area (Å²) in [6.45, 7) is 2.84. The van der Waals surface area contributed by atoms with E-state index in [0.717, 1.165) is 5.56 Å². The lowest BCUT2D eigenvalue weighted by Crippen LogP contribution is -2.20. The van der Waals surface area contributed by atoms with Crippen LogP contribution in [0.25, 0.3) is 0 Å². The molecule has 2 rings (SSSR count). The zero-order valence-electron chi connectivity index (χ0n) is 11.1. The maximum Gasteiger partial charge on any atom is 0.255 e. The van der Waals surface area contributed by atoms with Crippen LogP contribution in [0.2, 0.25) is 0 Å². The average molecular weight is 276 g/mol. The van der Waals surface area contributed by atoms with Crippen LogP contribution in [-0.4, -0.2) is 22.7 Å². The number of carbonyl (C=O) groups is 1. The lowest BCUT2D eigenvalue weighted by atomic mass is 10.2. The van der Waals surface area contributed by atoms with Crippen LogP contribution in [0.3, 0.4) is 0 Å². The minimum Gasteiger partial charge on any atom is -0.484 e. The molecule has 0 aliphatic carbocycles. The number of nitrogens with zero attached hydrogens (tertiary/aromatic N) is 2. The summed E-state index contributed by atoms with van der Waals surface area (Å²) in [5, 5.41) is 6.90. The number of primary amides is 1. The van der Waals surface area contributed by atoms with E-state index in [1.165, 1.54) is 0 Å². The van der Waals surface area contributed by atoms with Crippen molar-refractivity contribution in [3.63, 3.8) is 0 Å². The smallest absolute Gasteiger partial charge is 0.255 e. The van der Waals surface area contributed by atoms with Crippen LogP contribution in [0.5, 0.6) is 5.75 Å². The number of hydrogen-bond donors (Lipinski definition) is 2. The third-order valence-corrected chi connectivity index (χ3v) is 2.48. The fraction of sp³-hybridized carbons (Fsp3) is 0.308. The van der Waals surface area contributed by atoms with E-state index < -0.39 is 5.91 Å². The Morgan fingerprint density at radius 1 is 1.35 bits per heavy atom. The molecule has 106 valence electrons. The number of nitrogens with two attached hydrogens (primary N) is 1. The van der Waals surface area contributed by atoms with E-state index in [4.69, 9.17) is 15.0 Å². The van der Waals surface area contributed by atoms with Gasteiger partial charge >= 0.3 is 0 Å². The van der Waals surface area contributed by atoms with Crippen LogP contribution in [0.1, 0.15) is 17.3 Å². The van der Waals surface area contributed by atoms with Crippen molar-refractivity contribution in [2.45, 2.75) is 20.0 Å². The Morgan fingerprint density at radius 2 is 2.10 bits per heavy atom. The molecule has 1 amide bonds. The summed E-state index contributed by atoms with van der Waals surface area (Å²) in [5.41, 5.74) is 6.08. The van der Waals surface area contributed by atoms with Gasteiger partial charge in [0.15, 0.2) is 12.4 Å². The van der Waals surface area contributed by atoms with E-state index in [1.54, 1.807) is 19.1 Å². The van der Waals surface area contributed by atoms with Gasteiger partial charge in [0.25, 0.3) is 5.91 Å². The minimum absolute atomic E-state index is 0.117. The van der Waals surface area contributed by atoms with Gasteiger partial charge in [0.1, 0.15) is 5.75 Å². The number of ether oxygens (including phenoxy) is 1. The molecular weight excluding hydrogens is 260 g/mol. The minimum atomic E-state index is -0.495. The van der Waals surface area contributed by atoms with Crippen LogP contribution in [0.15, 0.2) is 28.8 Å². The van der Waals surface area contributed by atoms with Gasteiger partial charge in [-0.1, -0.05) is 17.3 Å². The van der Waals surface area contributed by atoms with E-state index in [0.29, 0.717) is 30.6 Å². The second kappa shape index (κ2) is 6.67. The Morgan fingerprint density at radius 3 is 2.70 bits per heavy atom. The zero-order chi connectivity index (χ0) is 14.4. The number of carbonyl (C=O) groups excluding carboxylic acids is 1. The van der Waals surface area contributed by atoms with Gasteiger partial charge in [-0.25, -0.2) is 0 Å². The molecule has 3 N–H and O–H groups in total. The second-order valence-electron chi connectivity index (χ2n) is 4.24. The summed E-state index contributed by atoms with van der Waals surface area (Å²) in [6, 6.07) is 7.39. The molecule has 0 aliphatic rings. The third kappa shape index (κ3) is 4.36.